The first-order valence-corrected chi connectivity index (χ1v) is 6.74. The van der Waals surface area contributed by atoms with E-state index >= 15 is 0 Å². The monoisotopic (exact) mass is 303 g/mol. The third-order valence-corrected chi connectivity index (χ3v) is 2.09. The average Bonchev–Trinajstić information content (AvgIpc) is 2.18. The molecule has 0 aromatic heterocycles. The molecule has 0 fully saturated rings. The summed E-state index contributed by atoms with van der Waals surface area (Å²) in [5.74, 6) is -3.42. The van der Waals surface area contributed by atoms with E-state index in [4.69, 9.17) is 14.6 Å². The number of amides is 1. The number of ether oxygens (including phenoxy) is 2. The molecule has 0 aromatic carbocycles. The van der Waals surface area contributed by atoms with E-state index < -0.39 is 35.2 Å². The van der Waals surface area contributed by atoms with Crippen molar-refractivity contribution in [2.24, 2.45) is 5.92 Å². The summed E-state index contributed by atoms with van der Waals surface area (Å²) in [5.41, 5.74) is -1.40. The van der Waals surface area contributed by atoms with Crippen LogP contribution in [0.25, 0.3) is 0 Å². The lowest BCUT2D eigenvalue weighted by Gasteiger charge is -2.23. The smallest absolute Gasteiger partial charge is 0.407 e. The number of alkyl carbamates (subject to hydrolysis) is 1. The second kappa shape index (κ2) is 7.28. The Morgan fingerprint density at radius 1 is 1.00 bits per heavy atom. The molecule has 1 unspecified atom stereocenters. The van der Waals surface area contributed by atoms with Crippen molar-refractivity contribution in [2.45, 2.75) is 59.2 Å². The number of rotatable bonds is 5. The Morgan fingerprint density at radius 2 is 1.48 bits per heavy atom. The number of nitrogens with one attached hydrogen (secondary N) is 1. The minimum absolute atomic E-state index is 0.00508. The van der Waals surface area contributed by atoms with E-state index in [1.165, 1.54) is 0 Å². The van der Waals surface area contributed by atoms with Gasteiger partial charge < -0.3 is 19.9 Å². The van der Waals surface area contributed by atoms with Crippen molar-refractivity contribution in [2.75, 3.05) is 6.54 Å². The standard InChI is InChI=1S/C14H25NO6/c1-13(2,3)20-11(18)9(10(16)17)7-8-15-12(19)21-14(4,5)6/h9H,7-8H2,1-6H3,(H,15,19)(H,16,17). The van der Waals surface area contributed by atoms with Crippen LogP contribution in [0.5, 0.6) is 0 Å². The van der Waals surface area contributed by atoms with Gasteiger partial charge in [-0.25, -0.2) is 4.79 Å². The number of aliphatic carboxylic acids is 1. The molecule has 7 nitrogen and oxygen atoms in total. The minimum Gasteiger partial charge on any atom is -0.481 e. The first-order chi connectivity index (χ1) is 9.32. The fraction of sp³-hybridized carbons (Fsp3) is 0.786. The number of carbonyl (C=O) groups is 3. The molecule has 0 aliphatic carbocycles. The number of carboxylic acid groups (broad SMARTS) is 1. The summed E-state index contributed by atoms with van der Waals surface area (Å²) in [6.07, 6.45) is -0.723. The SMILES string of the molecule is CC(C)(C)OC(=O)NCCC(C(=O)O)C(=O)OC(C)(C)C. The van der Waals surface area contributed by atoms with Gasteiger partial charge in [0.1, 0.15) is 11.2 Å². The summed E-state index contributed by atoms with van der Waals surface area (Å²) in [6.45, 7) is 10.1. The molecule has 0 saturated carbocycles. The van der Waals surface area contributed by atoms with Crippen LogP contribution in [0.4, 0.5) is 4.79 Å². The Bertz CT molecular complexity index is 391. The van der Waals surface area contributed by atoms with Crippen LogP contribution < -0.4 is 5.32 Å². The molecule has 0 aliphatic rings. The van der Waals surface area contributed by atoms with Gasteiger partial charge in [0, 0.05) is 6.54 Å². The zero-order valence-electron chi connectivity index (χ0n) is 13.5. The molecular weight excluding hydrogens is 278 g/mol. The lowest BCUT2D eigenvalue weighted by Crippen LogP contribution is -2.37. The first kappa shape index (κ1) is 19.2. The fourth-order valence-electron chi connectivity index (χ4n) is 1.35. The van der Waals surface area contributed by atoms with Crippen molar-refractivity contribution in [3.8, 4) is 0 Å². The summed E-state index contributed by atoms with van der Waals surface area (Å²) in [7, 11) is 0. The maximum absolute atomic E-state index is 11.8. The predicted octanol–water partition coefficient (Wildman–Crippen LogP) is 1.94. The van der Waals surface area contributed by atoms with Gasteiger partial charge in [0.25, 0.3) is 0 Å². The van der Waals surface area contributed by atoms with Gasteiger partial charge in [0.2, 0.25) is 0 Å². The van der Waals surface area contributed by atoms with E-state index in [-0.39, 0.29) is 13.0 Å². The van der Waals surface area contributed by atoms with Crippen LogP contribution in [0.15, 0.2) is 0 Å². The minimum atomic E-state index is -1.32. The van der Waals surface area contributed by atoms with Gasteiger partial charge in [0.05, 0.1) is 0 Å². The summed E-state index contributed by atoms with van der Waals surface area (Å²) >= 11 is 0. The van der Waals surface area contributed by atoms with Crippen LogP contribution in [-0.2, 0) is 19.1 Å². The quantitative estimate of drug-likeness (QED) is 0.594. The zero-order valence-corrected chi connectivity index (χ0v) is 13.5. The number of carboxylic acids is 1. The molecule has 1 atom stereocenters. The van der Waals surface area contributed by atoms with Crippen molar-refractivity contribution in [1.82, 2.24) is 5.32 Å². The second-order valence-corrected chi connectivity index (χ2v) is 6.64. The van der Waals surface area contributed by atoms with Gasteiger partial charge in [-0.3, -0.25) is 9.59 Å². The van der Waals surface area contributed by atoms with Crippen molar-refractivity contribution >= 4 is 18.0 Å². The Hall–Kier alpha value is -1.79. The topological polar surface area (TPSA) is 102 Å². The Morgan fingerprint density at radius 3 is 1.86 bits per heavy atom. The molecule has 0 bridgehead atoms. The molecular formula is C14H25NO6. The zero-order chi connectivity index (χ0) is 16.8. The number of esters is 1. The van der Waals surface area contributed by atoms with Crippen LogP contribution in [0.2, 0.25) is 0 Å². The van der Waals surface area contributed by atoms with Gasteiger partial charge >= 0.3 is 18.0 Å². The number of carbonyl (C=O) groups excluding carboxylic acids is 2. The van der Waals surface area contributed by atoms with Gasteiger partial charge in [-0.05, 0) is 48.0 Å². The first-order valence-electron chi connectivity index (χ1n) is 6.74. The molecule has 0 saturated heterocycles. The normalized spacial score (nSPS) is 13.2. The molecule has 0 heterocycles. The third kappa shape index (κ3) is 9.70. The van der Waals surface area contributed by atoms with Crippen LogP contribution in [0.3, 0.4) is 0 Å². The van der Waals surface area contributed by atoms with E-state index in [9.17, 15) is 14.4 Å². The van der Waals surface area contributed by atoms with Gasteiger partial charge in [-0.1, -0.05) is 0 Å². The molecule has 1 amide bonds. The largest absolute Gasteiger partial charge is 0.481 e. The summed E-state index contributed by atoms with van der Waals surface area (Å²) in [4.78, 5) is 34.3. The highest BCUT2D eigenvalue weighted by atomic mass is 16.6. The Labute approximate surface area is 125 Å². The maximum Gasteiger partial charge on any atom is 0.407 e. The van der Waals surface area contributed by atoms with Crippen LogP contribution in [0.1, 0.15) is 48.0 Å². The predicted molar refractivity (Wildman–Crippen MR) is 75.8 cm³/mol. The van der Waals surface area contributed by atoms with E-state index in [1.807, 2.05) is 0 Å². The molecule has 0 radical (unpaired) electrons. The Balaban J connectivity index is 4.39. The Kier molecular flexibility index (Phi) is 6.66. The van der Waals surface area contributed by atoms with Gasteiger partial charge in [0.15, 0.2) is 5.92 Å². The summed E-state index contributed by atoms with van der Waals surface area (Å²) in [6, 6.07) is 0. The van der Waals surface area contributed by atoms with Crippen molar-refractivity contribution in [1.29, 1.82) is 0 Å². The molecule has 0 aromatic rings. The van der Waals surface area contributed by atoms with Gasteiger partial charge in [-0.15, -0.1) is 0 Å². The highest BCUT2D eigenvalue weighted by Gasteiger charge is 2.31. The molecule has 0 spiro atoms. The molecule has 21 heavy (non-hydrogen) atoms. The highest BCUT2D eigenvalue weighted by molar-refractivity contribution is 5.94. The lowest BCUT2D eigenvalue weighted by atomic mass is 10.1. The summed E-state index contributed by atoms with van der Waals surface area (Å²) < 4.78 is 10.0. The summed E-state index contributed by atoms with van der Waals surface area (Å²) in [5, 5.41) is 11.5. The average molecular weight is 303 g/mol. The van der Waals surface area contributed by atoms with Gasteiger partial charge in [-0.2, -0.15) is 0 Å². The third-order valence-electron chi connectivity index (χ3n) is 2.09. The van der Waals surface area contributed by atoms with E-state index in [0.29, 0.717) is 0 Å². The van der Waals surface area contributed by atoms with Crippen molar-refractivity contribution < 1.29 is 29.0 Å². The molecule has 7 heteroatoms. The number of hydrogen-bond donors (Lipinski definition) is 2. The van der Waals surface area contributed by atoms with Crippen molar-refractivity contribution in [3.05, 3.63) is 0 Å². The molecule has 2 N–H and O–H groups in total. The second-order valence-electron chi connectivity index (χ2n) is 6.64. The lowest BCUT2D eigenvalue weighted by molar-refractivity contribution is -0.167. The van der Waals surface area contributed by atoms with Crippen LogP contribution in [-0.4, -0.2) is 40.9 Å². The van der Waals surface area contributed by atoms with E-state index in [1.54, 1.807) is 41.5 Å². The van der Waals surface area contributed by atoms with Crippen LogP contribution in [0, 0.1) is 5.92 Å². The fourth-order valence-corrected chi connectivity index (χ4v) is 1.35. The maximum atomic E-state index is 11.8. The molecule has 0 rings (SSSR count). The van der Waals surface area contributed by atoms with Crippen molar-refractivity contribution in [3.63, 3.8) is 0 Å². The van der Waals surface area contributed by atoms with E-state index in [0.717, 1.165) is 0 Å². The van der Waals surface area contributed by atoms with E-state index in [2.05, 4.69) is 5.32 Å². The number of hydrogen-bond acceptors (Lipinski definition) is 5. The highest BCUT2D eigenvalue weighted by Crippen LogP contribution is 2.14. The molecule has 0 aliphatic heterocycles. The van der Waals surface area contributed by atoms with Crippen LogP contribution >= 0.6 is 0 Å². The molecule has 122 valence electrons.